The zero-order valence-electron chi connectivity index (χ0n) is 16.4. The van der Waals surface area contributed by atoms with Gasteiger partial charge in [-0.3, -0.25) is 14.4 Å². The van der Waals surface area contributed by atoms with Crippen LogP contribution in [0.3, 0.4) is 0 Å². The monoisotopic (exact) mass is 394 g/mol. The normalized spacial score (nSPS) is 18.6. The first-order valence-electron chi connectivity index (χ1n) is 9.57. The first-order valence-corrected chi connectivity index (χ1v) is 9.57. The summed E-state index contributed by atoms with van der Waals surface area (Å²) in [7, 11) is 2.99. The molecule has 2 aromatic carbocycles. The third-order valence-corrected chi connectivity index (χ3v) is 5.48. The van der Waals surface area contributed by atoms with Gasteiger partial charge in [0.1, 0.15) is 6.04 Å². The van der Waals surface area contributed by atoms with Crippen molar-refractivity contribution >= 4 is 23.4 Å². The van der Waals surface area contributed by atoms with E-state index in [-0.39, 0.29) is 17.4 Å². The molecule has 1 fully saturated rings. The van der Waals surface area contributed by atoms with Gasteiger partial charge in [0, 0.05) is 12.1 Å². The zero-order valence-corrected chi connectivity index (χ0v) is 16.4. The van der Waals surface area contributed by atoms with Crippen LogP contribution in [-0.2, 0) is 4.79 Å². The highest BCUT2D eigenvalue weighted by atomic mass is 16.5. The molecule has 150 valence electrons. The summed E-state index contributed by atoms with van der Waals surface area (Å²) >= 11 is 0. The maximum Gasteiger partial charge on any atom is 0.265 e. The predicted octanol–water partition coefficient (Wildman–Crippen LogP) is 2.89. The Morgan fingerprint density at radius 2 is 1.76 bits per heavy atom. The third kappa shape index (κ3) is 3.12. The van der Waals surface area contributed by atoms with Crippen molar-refractivity contribution in [3.8, 4) is 11.5 Å². The number of benzene rings is 2. The van der Waals surface area contributed by atoms with Crippen molar-refractivity contribution in [1.29, 1.82) is 0 Å². The van der Waals surface area contributed by atoms with Gasteiger partial charge in [0.05, 0.1) is 25.5 Å². The lowest BCUT2D eigenvalue weighted by Gasteiger charge is -2.34. The molecule has 0 spiro atoms. The third-order valence-electron chi connectivity index (χ3n) is 5.48. The summed E-state index contributed by atoms with van der Waals surface area (Å²) in [5, 5.41) is 0. The van der Waals surface area contributed by atoms with Crippen LogP contribution in [0.4, 0.5) is 5.69 Å². The summed E-state index contributed by atoms with van der Waals surface area (Å²) in [4.78, 5) is 42.7. The zero-order chi connectivity index (χ0) is 20.5. The molecule has 0 saturated carbocycles. The van der Waals surface area contributed by atoms with E-state index in [9.17, 15) is 14.4 Å². The molecule has 0 aromatic heterocycles. The second-order valence-corrected chi connectivity index (χ2v) is 7.08. The van der Waals surface area contributed by atoms with E-state index in [1.54, 1.807) is 47.4 Å². The first-order chi connectivity index (χ1) is 14.1. The molecule has 0 aliphatic carbocycles. The molecule has 1 saturated heterocycles. The minimum atomic E-state index is -0.632. The van der Waals surface area contributed by atoms with Crippen LogP contribution in [0.15, 0.2) is 42.5 Å². The number of amides is 3. The number of rotatable bonds is 3. The van der Waals surface area contributed by atoms with Crippen LogP contribution in [0.2, 0.25) is 0 Å². The number of piperidine rings is 1. The molecular formula is C22H22N2O5. The minimum Gasteiger partial charge on any atom is -0.493 e. The molecule has 0 unspecified atom stereocenters. The van der Waals surface area contributed by atoms with Crippen molar-refractivity contribution < 1.29 is 23.9 Å². The molecule has 2 aliphatic heterocycles. The van der Waals surface area contributed by atoms with Crippen molar-refractivity contribution in [1.82, 2.24) is 4.90 Å². The molecule has 2 heterocycles. The van der Waals surface area contributed by atoms with Crippen LogP contribution in [-0.4, -0.2) is 49.4 Å². The first kappa shape index (κ1) is 19.0. The van der Waals surface area contributed by atoms with E-state index in [0.717, 1.165) is 17.7 Å². The average molecular weight is 394 g/mol. The van der Waals surface area contributed by atoms with Gasteiger partial charge < -0.3 is 14.4 Å². The van der Waals surface area contributed by atoms with E-state index in [1.807, 2.05) is 0 Å². The molecule has 0 radical (unpaired) electrons. The van der Waals surface area contributed by atoms with E-state index in [1.165, 1.54) is 14.2 Å². The molecule has 3 amide bonds. The fourth-order valence-corrected chi connectivity index (χ4v) is 4.01. The van der Waals surface area contributed by atoms with Gasteiger partial charge in [-0.15, -0.1) is 0 Å². The number of nitrogens with zero attached hydrogens (tertiary/aromatic N) is 2. The highest BCUT2D eigenvalue weighted by Gasteiger charge is 2.43. The minimum absolute atomic E-state index is 0.207. The molecule has 4 rings (SSSR count). The summed E-state index contributed by atoms with van der Waals surface area (Å²) in [6.07, 6.45) is 2.24. The number of hydrogen-bond donors (Lipinski definition) is 0. The second kappa shape index (κ2) is 7.58. The Hall–Kier alpha value is -3.35. The number of imide groups is 1. The maximum absolute atomic E-state index is 13.5. The lowest BCUT2D eigenvalue weighted by Crippen LogP contribution is -2.52. The summed E-state index contributed by atoms with van der Waals surface area (Å²) in [5.41, 5.74) is 0.957. The van der Waals surface area contributed by atoms with E-state index in [4.69, 9.17) is 9.47 Å². The SMILES string of the molecule is COc1ccc(C(=O)N2C(=O)[C@H]3CCCCN3C(=O)c3ccccc32)cc1OC. The van der Waals surface area contributed by atoms with E-state index < -0.39 is 11.9 Å². The molecule has 0 N–H and O–H groups in total. The smallest absolute Gasteiger partial charge is 0.265 e. The summed E-state index contributed by atoms with van der Waals surface area (Å²) in [6, 6.07) is 10.9. The van der Waals surface area contributed by atoms with Crippen LogP contribution in [0.1, 0.15) is 40.0 Å². The maximum atomic E-state index is 13.5. The summed E-state index contributed by atoms with van der Waals surface area (Å²) in [6.45, 7) is 0.516. The van der Waals surface area contributed by atoms with Crippen molar-refractivity contribution in [2.24, 2.45) is 0 Å². The number of anilines is 1. The molecule has 29 heavy (non-hydrogen) atoms. The van der Waals surface area contributed by atoms with Crippen LogP contribution in [0.25, 0.3) is 0 Å². The van der Waals surface area contributed by atoms with Gasteiger partial charge in [0.2, 0.25) is 0 Å². The van der Waals surface area contributed by atoms with Crippen LogP contribution >= 0.6 is 0 Å². The Balaban J connectivity index is 1.83. The number of fused-ring (bicyclic) bond motifs is 2. The highest BCUT2D eigenvalue weighted by Crippen LogP contribution is 2.34. The number of ether oxygens (including phenoxy) is 2. The van der Waals surface area contributed by atoms with Gasteiger partial charge >= 0.3 is 0 Å². The van der Waals surface area contributed by atoms with E-state index >= 15 is 0 Å². The van der Waals surface area contributed by atoms with Crippen LogP contribution in [0.5, 0.6) is 11.5 Å². The van der Waals surface area contributed by atoms with Crippen LogP contribution in [0, 0.1) is 0 Å². The highest BCUT2D eigenvalue weighted by molar-refractivity contribution is 6.26. The topological polar surface area (TPSA) is 76.2 Å². The molecule has 7 heteroatoms. The summed E-state index contributed by atoms with van der Waals surface area (Å²) < 4.78 is 10.5. The van der Waals surface area contributed by atoms with E-state index in [2.05, 4.69) is 0 Å². The Bertz CT molecular complexity index is 987. The number of methoxy groups -OCH3 is 2. The second-order valence-electron chi connectivity index (χ2n) is 7.08. The summed E-state index contributed by atoms with van der Waals surface area (Å²) in [5.74, 6) is -0.197. The van der Waals surface area contributed by atoms with Gasteiger partial charge in [0.15, 0.2) is 11.5 Å². The van der Waals surface area contributed by atoms with Gasteiger partial charge in [-0.25, -0.2) is 4.90 Å². The Morgan fingerprint density at radius 3 is 2.52 bits per heavy atom. The van der Waals surface area contributed by atoms with Crippen molar-refractivity contribution in [3.05, 3.63) is 53.6 Å². The van der Waals surface area contributed by atoms with Gasteiger partial charge in [-0.05, 0) is 49.6 Å². The fourth-order valence-electron chi connectivity index (χ4n) is 4.01. The number of carbonyl (C=O) groups excluding carboxylic acids is 3. The van der Waals surface area contributed by atoms with Gasteiger partial charge in [-0.2, -0.15) is 0 Å². The van der Waals surface area contributed by atoms with Crippen molar-refractivity contribution in [2.45, 2.75) is 25.3 Å². The molecule has 2 aliphatic rings. The number of para-hydroxylation sites is 1. The van der Waals surface area contributed by atoms with Crippen LogP contribution < -0.4 is 14.4 Å². The molecule has 1 atom stereocenters. The quantitative estimate of drug-likeness (QED) is 0.749. The van der Waals surface area contributed by atoms with Gasteiger partial charge in [0.25, 0.3) is 17.7 Å². The fraction of sp³-hybridized carbons (Fsp3) is 0.318. The predicted molar refractivity (Wildman–Crippen MR) is 106 cm³/mol. The Labute approximate surface area is 168 Å². The molecule has 7 nitrogen and oxygen atoms in total. The van der Waals surface area contributed by atoms with Crippen molar-refractivity contribution in [3.63, 3.8) is 0 Å². The van der Waals surface area contributed by atoms with Gasteiger partial charge in [-0.1, -0.05) is 12.1 Å². The number of hydrogen-bond acceptors (Lipinski definition) is 5. The average Bonchev–Trinajstić information content (AvgIpc) is 2.86. The lowest BCUT2D eigenvalue weighted by atomic mass is 10.0. The Kier molecular flexibility index (Phi) is 4.96. The van der Waals surface area contributed by atoms with E-state index in [0.29, 0.717) is 35.7 Å². The molecular weight excluding hydrogens is 372 g/mol. The Morgan fingerprint density at radius 1 is 1.00 bits per heavy atom. The number of carbonyl (C=O) groups is 3. The largest absolute Gasteiger partial charge is 0.493 e. The molecule has 0 bridgehead atoms. The standard InChI is InChI=1S/C22H22N2O5/c1-28-18-11-10-14(13-19(18)29-2)20(25)24-16-8-4-3-7-15(16)21(26)23-12-6-5-9-17(23)22(24)27/h3-4,7-8,10-11,13,17H,5-6,9,12H2,1-2H3/t17-/m1/s1. The molecule has 2 aromatic rings. The lowest BCUT2D eigenvalue weighted by molar-refractivity contribution is -0.123. The van der Waals surface area contributed by atoms with Crippen molar-refractivity contribution in [2.75, 3.05) is 25.7 Å².